The second-order valence-corrected chi connectivity index (χ2v) is 9.31. The Hall–Kier alpha value is -2.86. The Bertz CT molecular complexity index is 1130. The molecule has 0 spiro atoms. The van der Waals surface area contributed by atoms with E-state index in [0.717, 1.165) is 44.9 Å². The van der Waals surface area contributed by atoms with Gasteiger partial charge in [-0.1, -0.05) is 35.1 Å². The van der Waals surface area contributed by atoms with Crippen LogP contribution in [0.1, 0.15) is 21.1 Å². The van der Waals surface area contributed by atoms with E-state index in [1.165, 1.54) is 17.5 Å². The molecule has 3 aromatic rings. The number of amides is 1. The molecule has 0 radical (unpaired) electrons. The zero-order chi connectivity index (χ0) is 24.1. The first-order valence-corrected chi connectivity index (χ1v) is 12.1. The average molecular weight is 503 g/mol. The maximum Gasteiger partial charge on any atom is 0.267 e. The van der Waals surface area contributed by atoms with Gasteiger partial charge in [-0.2, -0.15) is 15.0 Å². The second-order valence-electron chi connectivity index (χ2n) is 7.87. The summed E-state index contributed by atoms with van der Waals surface area (Å²) < 4.78 is 5.17. The highest BCUT2D eigenvalue weighted by molar-refractivity contribution is 7.17. The third-order valence-corrected chi connectivity index (χ3v) is 6.64. The normalized spacial score (nSPS) is 14.3. The van der Waals surface area contributed by atoms with Gasteiger partial charge in [0.25, 0.3) is 5.91 Å². The molecular formula is C22H27ClN8O2S. The Balaban J connectivity index is 1.41. The van der Waals surface area contributed by atoms with E-state index >= 15 is 0 Å². The summed E-state index contributed by atoms with van der Waals surface area (Å²) in [5, 5.41) is 6.98. The van der Waals surface area contributed by atoms with E-state index in [1.54, 1.807) is 13.2 Å². The third-order valence-electron chi connectivity index (χ3n) is 5.41. The number of aryl methyl sites for hydroxylation is 2. The Kier molecular flexibility index (Phi) is 7.88. The molecular weight excluding hydrogens is 476 g/mol. The highest BCUT2D eigenvalue weighted by Crippen LogP contribution is 2.28. The molecule has 0 bridgehead atoms. The van der Waals surface area contributed by atoms with Gasteiger partial charge in [0.05, 0.1) is 23.5 Å². The van der Waals surface area contributed by atoms with Crippen LogP contribution in [0.3, 0.4) is 0 Å². The molecule has 2 aromatic heterocycles. The molecule has 1 amide bonds. The van der Waals surface area contributed by atoms with Gasteiger partial charge in [-0.05, 0) is 25.5 Å². The molecule has 1 aromatic carbocycles. The molecule has 1 aliphatic heterocycles. The summed E-state index contributed by atoms with van der Waals surface area (Å²) in [6.07, 6.45) is 1.52. The predicted molar refractivity (Wildman–Crippen MR) is 135 cm³/mol. The van der Waals surface area contributed by atoms with Gasteiger partial charge in [0.15, 0.2) is 5.13 Å². The fourth-order valence-electron chi connectivity index (χ4n) is 3.55. The van der Waals surface area contributed by atoms with Crippen LogP contribution >= 0.6 is 22.9 Å². The van der Waals surface area contributed by atoms with Gasteiger partial charge < -0.3 is 15.0 Å². The van der Waals surface area contributed by atoms with E-state index in [0.29, 0.717) is 38.4 Å². The van der Waals surface area contributed by atoms with Crippen molar-refractivity contribution in [2.75, 3.05) is 62.0 Å². The Morgan fingerprint density at radius 3 is 2.71 bits per heavy atom. The molecule has 4 rings (SSSR count). The number of methoxy groups -OCH3 is 1. The summed E-state index contributed by atoms with van der Waals surface area (Å²) in [6, 6.07) is 5.47. The molecule has 180 valence electrons. The van der Waals surface area contributed by atoms with E-state index in [4.69, 9.17) is 16.3 Å². The monoisotopic (exact) mass is 502 g/mol. The van der Waals surface area contributed by atoms with E-state index in [-0.39, 0.29) is 5.91 Å². The Morgan fingerprint density at radius 1 is 1.18 bits per heavy atom. The summed E-state index contributed by atoms with van der Waals surface area (Å²) in [4.78, 5) is 35.4. The highest BCUT2D eigenvalue weighted by Gasteiger charge is 2.20. The van der Waals surface area contributed by atoms with Crippen molar-refractivity contribution in [3.05, 3.63) is 45.7 Å². The lowest BCUT2D eigenvalue weighted by molar-refractivity contribution is 0.103. The maximum atomic E-state index is 12.7. The molecule has 1 saturated heterocycles. The largest absolute Gasteiger partial charge is 0.383 e. The number of thiazole rings is 1. The van der Waals surface area contributed by atoms with Crippen molar-refractivity contribution in [2.45, 2.75) is 13.8 Å². The number of para-hydroxylation sites is 1. The van der Waals surface area contributed by atoms with Gasteiger partial charge in [-0.3, -0.25) is 15.0 Å². The SMILES string of the molecule is COCCN1CCN(c2nc(C)nc(Nc3ncc(C(=O)Nc4c(C)cccc4Cl)s3)n2)CC1. The number of ether oxygens (including phenoxy) is 1. The average Bonchev–Trinajstić information content (AvgIpc) is 3.28. The minimum Gasteiger partial charge on any atom is -0.383 e. The van der Waals surface area contributed by atoms with Crippen molar-refractivity contribution in [1.29, 1.82) is 0 Å². The van der Waals surface area contributed by atoms with Crippen LogP contribution in [0.4, 0.5) is 22.7 Å². The van der Waals surface area contributed by atoms with Gasteiger partial charge in [-0.15, -0.1) is 0 Å². The van der Waals surface area contributed by atoms with Crippen LogP contribution in [0.2, 0.25) is 5.02 Å². The number of nitrogens with zero attached hydrogens (tertiary/aromatic N) is 6. The number of carbonyl (C=O) groups is 1. The fraction of sp³-hybridized carbons (Fsp3) is 0.409. The fourth-order valence-corrected chi connectivity index (χ4v) is 4.53. The lowest BCUT2D eigenvalue weighted by Gasteiger charge is -2.34. The first kappa shape index (κ1) is 24.3. The minimum atomic E-state index is -0.277. The molecule has 0 unspecified atom stereocenters. The summed E-state index contributed by atoms with van der Waals surface area (Å²) in [5.74, 6) is 1.36. The van der Waals surface area contributed by atoms with Crippen LogP contribution in [0.25, 0.3) is 0 Å². The predicted octanol–water partition coefficient (Wildman–Crippen LogP) is 3.36. The third kappa shape index (κ3) is 5.98. The molecule has 12 heteroatoms. The molecule has 34 heavy (non-hydrogen) atoms. The molecule has 0 saturated carbocycles. The summed E-state index contributed by atoms with van der Waals surface area (Å²) in [5.41, 5.74) is 1.48. The van der Waals surface area contributed by atoms with Gasteiger partial charge in [0.2, 0.25) is 11.9 Å². The van der Waals surface area contributed by atoms with Gasteiger partial charge in [0.1, 0.15) is 10.7 Å². The number of rotatable bonds is 8. The molecule has 0 aliphatic carbocycles. The number of hydrogen-bond acceptors (Lipinski definition) is 10. The zero-order valence-corrected chi connectivity index (χ0v) is 20.9. The molecule has 0 atom stereocenters. The number of halogens is 1. The summed E-state index contributed by atoms with van der Waals surface area (Å²) in [6.45, 7) is 8.87. The van der Waals surface area contributed by atoms with Crippen LogP contribution in [0.5, 0.6) is 0 Å². The van der Waals surface area contributed by atoms with Gasteiger partial charge in [-0.25, -0.2) is 4.98 Å². The van der Waals surface area contributed by atoms with Crippen molar-refractivity contribution in [3.8, 4) is 0 Å². The molecule has 10 nitrogen and oxygen atoms in total. The van der Waals surface area contributed by atoms with Gasteiger partial charge in [0, 0.05) is 39.8 Å². The van der Waals surface area contributed by atoms with Crippen LogP contribution in [-0.4, -0.2) is 77.2 Å². The van der Waals surface area contributed by atoms with E-state index in [2.05, 4.69) is 40.4 Å². The van der Waals surface area contributed by atoms with E-state index in [9.17, 15) is 4.79 Å². The molecule has 3 heterocycles. The molecule has 2 N–H and O–H groups in total. The van der Waals surface area contributed by atoms with E-state index in [1.807, 2.05) is 26.0 Å². The summed E-state index contributed by atoms with van der Waals surface area (Å²) in [7, 11) is 1.72. The molecule has 1 aliphatic rings. The van der Waals surface area contributed by atoms with Crippen LogP contribution in [0.15, 0.2) is 24.4 Å². The van der Waals surface area contributed by atoms with Crippen molar-refractivity contribution < 1.29 is 9.53 Å². The zero-order valence-electron chi connectivity index (χ0n) is 19.3. The van der Waals surface area contributed by atoms with Crippen molar-refractivity contribution in [2.24, 2.45) is 0 Å². The number of aromatic nitrogens is 4. The number of anilines is 4. The summed E-state index contributed by atoms with van der Waals surface area (Å²) >= 11 is 7.44. The number of hydrogen-bond donors (Lipinski definition) is 2. The van der Waals surface area contributed by atoms with Crippen LogP contribution < -0.4 is 15.5 Å². The van der Waals surface area contributed by atoms with Gasteiger partial charge >= 0.3 is 0 Å². The smallest absolute Gasteiger partial charge is 0.267 e. The lowest BCUT2D eigenvalue weighted by Crippen LogP contribution is -2.48. The molecule has 1 fully saturated rings. The standard InChI is InChI=1S/C22H27ClN8O2S/c1-14-5-4-6-16(23)18(14)27-19(32)17-13-24-22(34-17)29-20-25-15(2)26-21(28-20)31-9-7-30(8-10-31)11-12-33-3/h4-6,13H,7-12H2,1-3H3,(H,27,32)(H,24,25,26,28,29). The first-order valence-electron chi connectivity index (χ1n) is 10.9. The minimum absolute atomic E-state index is 0.277. The van der Waals surface area contributed by atoms with Crippen molar-refractivity contribution >= 4 is 51.6 Å². The second kappa shape index (κ2) is 11.0. The number of benzene rings is 1. The Morgan fingerprint density at radius 2 is 1.97 bits per heavy atom. The maximum absolute atomic E-state index is 12.7. The Labute approximate surface area is 207 Å². The number of carbonyl (C=O) groups excluding carboxylic acids is 1. The van der Waals surface area contributed by atoms with Crippen LogP contribution in [0, 0.1) is 13.8 Å². The quantitative estimate of drug-likeness (QED) is 0.479. The van der Waals surface area contributed by atoms with Crippen molar-refractivity contribution in [3.63, 3.8) is 0 Å². The first-order chi connectivity index (χ1) is 16.4. The number of piperazine rings is 1. The van der Waals surface area contributed by atoms with E-state index < -0.39 is 0 Å². The lowest BCUT2D eigenvalue weighted by atomic mass is 10.2. The van der Waals surface area contributed by atoms with Crippen LogP contribution in [-0.2, 0) is 4.74 Å². The number of nitrogens with one attached hydrogen (secondary N) is 2. The topological polar surface area (TPSA) is 108 Å². The van der Waals surface area contributed by atoms with Crippen molar-refractivity contribution in [1.82, 2.24) is 24.8 Å². The highest BCUT2D eigenvalue weighted by atomic mass is 35.5.